The molecule has 0 bridgehead atoms. The van der Waals surface area contributed by atoms with Gasteiger partial charge in [-0.15, -0.1) is 0 Å². The predicted molar refractivity (Wildman–Crippen MR) is 155 cm³/mol. The molecule has 0 amide bonds. The number of hydrogen-bond donors (Lipinski definition) is 1. The maximum atomic E-state index is 12.8. The van der Waals surface area contributed by atoms with E-state index in [0.717, 1.165) is 44.3 Å². The summed E-state index contributed by atoms with van der Waals surface area (Å²) in [5, 5.41) is 15.7. The molecule has 1 unspecified atom stereocenters. The van der Waals surface area contributed by atoms with Crippen LogP contribution in [-0.4, -0.2) is 5.11 Å². The third kappa shape index (κ3) is 4.34. The molecule has 0 aliphatic carbocycles. The Bertz CT molecular complexity index is 1690. The Morgan fingerprint density at radius 3 is 1.89 bits per heavy atom. The van der Waals surface area contributed by atoms with Crippen LogP contribution in [0, 0.1) is 0 Å². The summed E-state index contributed by atoms with van der Waals surface area (Å²) in [7, 11) is 0. The van der Waals surface area contributed by atoms with Crippen molar-refractivity contribution in [3.8, 4) is 22.3 Å². The molecule has 0 radical (unpaired) electrons. The van der Waals surface area contributed by atoms with E-state index in [-0.39, 0.29) is 0 Å². The molecule has 0 saturated carbocycles. The highest BCUT2D eigenvalue weighted by atomic mass is 35.5. The lowest BCUT2D eigenvalue weighted by Crippen LogP contribution is -2.29. The molecule has 1 N–H and O–H groups in total. The first-order chi connectivity index (χ1) is 18.1. The maximum absolute atomic E-state index is 12.8. The van der Waals surface area contributed by atoms with Crippen LogP contribution in [0.25, 0.3) is 33.0 Å². The zero-order valence-corrected chi connectivity index (χ0v) is 20.9. The normalized spacial score (nSPS) is 12.8. The van der Waals surface area contributed by atoms with Gasteiger partial charge in [0.2, 0.25) is 0 Å². The summed E-state index contributed by atoms with van der Waals surface area (Å²) in [5.74, 6) is 0. The highest BCUT2D eigenvalue weighted by molar-refractivity contribution is 6.30. The first-order valence-electron chi connectivity index (χ1n) is 12.4. The summed E-state index contributed by atoms with van der Waals surface area (Å²) in [6.07, 6.45) is 0. The molecule has 0 saturated heterocycles. The monoisotopic (exact) mass is 496 g/mol. The largest absolute Gasteiger partial charge is 0.376 e. The number of aliphatic hydroxyl groups is 1. The highest BCUT2D eigenvalue weighted by Crippen LogP contribution is 2.44. The number of halogens is 1. The zero-order chi connectivity index (χ0) is 25.2. The van der Waals surface area contributed by atoms with Crippen molar-refractivity contribution in [3.05, 3.63) is 167 Å². The minimum atomic E-state index is -1.43. The van der Waals surface area contributed by atoms with Crippen molar-refractivity contribution in [1.29, 1.82) is 0 Å². The van der Waals surface area contributed by atoms with Gasteiger partial charge in [-0.2, -0.15) is 0 Å². The molecule has 6 aromatic carbocycles. The molecule has 178 valence electrons. The highest BCUT2D eigenvalue weighted by Gasteiger charge is 2.36. The molecule has 6 aromatic rings. The van der Waals surface area contributed by atoms with E-state index in [4.69, 9.17) is 11.6 Å². The number of rotatable bonds is 5. The van der Waals surface area contributed by atoms with Crippen molar-refractivity contribution in [1.82, 2.24) is 0 Å². The van der Waals surface area contributed by atoms with Crippen LogP contribution >= 0.6 is 11.6 Å². The SMILES string of the molecule is OC(c1ccccc1)(c1cccc(-c2ccccc2)c1)c1cc(Cl)ccc1-c1ccc2ccccc2c1. The Labute approximate surface area is 222 Å². The van der Waals surface area contributed by atoms with Gasteiger partial charge in [0, 0.05) is 10.6 Å². The van der Waals surface area contributed by atoms with Crippen LogP contribution in [0.3, 0.4) is 0 Å². The molecule has 1 atom stereocenters. The minimum absolute atomic E-state index is 0.577. The van der Waals surface area contributed by atoms with Gasteiger partial charge in [-0.05, 0) is 68.4 Å². The van der Waals surface area contributed by atoms with Gasteiger partial charge in [0.1, 0.15) is 5.60 Å². The van der Waals surface area contributed by atoms with Gasteiger partial charge in [0.15, 0.2) is 0 Å². The summed E-state index contributed by atoms with van der Waals surface area (Å²) >= 11 is 6.60. The van der Waals surface area contributed by atoms with Crippen LogP contribution in [0.5, 0.6) is 0 Å². The standard InChI is InChI=1S/C35H25ClO/c36-32-20-21-33(29-19-18-26-12-7-8-13-27(26)22-29)34(24-32)35(37,30-15-5-2-6-16-30)31-17-9-14-28(23-31)25-10-3-1-4-11-25/h1-24,37H. The summed E-state index contributed by atoms with van der Waals surface area (Å²) in [5.41, 5.74) is 4.98. The van der Waals surface area contributed by atoms with Crippen molar-refractivity contribution in [3.63, 3.8) is 0 Å². The fourth-order valence-electron chi connectivity index (χ4n) is 5.14. The lowest BCUT2D eigenvalue weighted by atomic mass is 9.76. The van der Waals surface area contributed by atoms with E-state index in [2.05, 4.69) is 54.6 Å². The van der Waals surface area contributed by atoms with E-state index in [9.17, 15) is 5.11 Å². The van der Waals surface area contributed by atoms with Gasteiger partial charge in [0.25, 0.3) is 0 Å². The first-order valence-corrected chi connectivity index (χ1v) is 12.7. The molecule has 0 aliphatic rings. The predicted octanol–water partition coefficient (Wildman–Crippen LogP) is 9.11. The van der Waals surface area contributed by atoms with Gasteiger partial charge < -0.3 is 5.11 Å². The first kappa shape index (κ1) is 23.2. The van der Waals surface area contributed by atoms with Crippen LogP contribution in [-0.2, 0) is 5.60 Å². The molecule has 0 heterocycles. The van der Waals surface area contributed by atoms with E-state index in [1.165, 1.54) is 5.39 Å². The van der Waals surface area contributed by atoms with Crippen LogP contribution < -0.4 is 0 Å². The fourth-order valence-corrected chi connectivity index (χ4v) is 5.31. The number of hydrogen-bond acceptors (Lipinski definition) is 1. The van der Waals surface area contributed by atoms with Gasteiger partial charge in [0.05, 0.1) is 0 Å². The third-order valence-electron chi connectivity index (χ3n) is 7.01. The van der Waals surface area contributed by atoms with E-state index in [0.29, 0.717) is 5.02 Å². The van der Waals surface area contributed by atoms with E-state index in [1.54, 1.807) is 0 Å². The quantitative estimate of drug-likeness (QED) is 0.236. The molecule has 0 fully saturated rings. The van der Waals surface area contributed by atoms with E-state index < -0.39 is 5.60 Å². The van der Waals surface area contributed by atoms with Gasteiger partial charge >= 0.3 is 0 Å². The smallest absolute Gasteiger partial charge is 0.141 e. The molecule has 2 heteroatoms. The second-order valence-electron chi connectivity index (χ2n) is 9.28. The second kappa shape index (κ2) is 9.71. The topological polar surface area (TPSA) is 20.2 Å². The number of fused-ring (bicyclic) bond motifs is 1. The average molecular weight is 497 g/mol. The van der Waals surface area contributed by atoms with Crippen LogP contribution in [0.4, 0.5) is 0 Å². The Kier molecular flexibility index (Phi) is 6.10. The van der Waals surface area contributed by atoms with Crippen molar-refractivity contribution in [2.24, 2.45) is 0 Å². The summed E-state index contributed by atoms with van der Waals surface area (Å²) in [6.45, 7) is 0. The molecular formula is C35H25ClO. The third-order valence-corrected chi connectivity index (χ3v) is 7.25. The molecule has 0 aliphatic heterocycles. The molecule has 6 rings (SSSR count). The minimum Gasteiger partial charge on any atom is -0.376 e. The lowest BCUT2D eigenvalue weighted by Gasteiger charge is -2.33. The Morgan fingerprint density at radius 1 is 0.459 bits per heavy atom. The van der Waals surface area contributed by atoms with Crippen LogP contribution in [0.15, 0.2) is 146 Å². The van der Waals surface area contributed by atoms with Crippen molar-refractivity contribution < 1.29 is 5.11 Å². The molecule has 37 heavy (non-hydrogen) atoms. The van der Waals surface area contributed by atoms with E-state index >= 15 is 0 Å². The lowest BCUT2D eigenvalue weighted by molar-refractivity contribution is 0.126. The van der Waals surface area contributed by atoms with Crippen molar-refractivity contribution >= 4 is 22.4 Å². The zero-order valence-electron chi connectivity index (χ0n) is 20.2. The Morgan fingerprint density at radius 2 is 1.11 bits per heavy atom. The van der Waals surface area contributed by atoms with Crippen molar-refractivity contribution in [2.45, 2.75) is 5.60 Å². The van der Waals surface area contributed by atoms with Gasteiger partial charge in [-0.25, -0.2) is 0 Å². The Hall–Kier alpha value is -4.17. The Balaban J connectivity index is 1.61. The summed E-state index contributed by atoms with van der Waals surface area (Å²) in [6, 6.07) is 48.7. The van der Waals surface area contributed by atoms with Crippen molar-refractivity contribution in [2.75, 3.05) is 0 Å². The fraction of sp³-hybridized carbons (Fsp3) is 0.0286. The van der Waals surface area contributed by atoms with Crippen LogP contribution in [0.1, 0.15) is 16.7 Å². The van der Waals surface area contributed by atoms with E-state index in [1.807, 2.05) is 91.0 Å². The maximum Gasteiger partial charge on any atom is 0.141 e. The molecular weight excluding hydrogens is 472 g/mol. The molecule has 1 nitrogen and oxygen atoms in total. The van der Waals surface area contributed by atoms with Crippen LogP contribution in [0.2, 0.25) is 5.02 Å². The molecule has 0 spiro atoms. The average Bonchev–Trinajstić information content (AvgIpc) is 2.97. The number of benzene rings is 6. The molecule has 0 aromatic heterocycles. The van der Waals surface area contributed by atoms with Gasteiger partial charge in [-0.1, -0.05) is 133 Å². The summed E-state index contributed by atoms with van der Waals surface area (Å²) in [4.78, 5) is 0. The second-order valence-corrected chi connectivity index (χ2v) is 9.71. The summed E-state index contributed by atoms with van der Waals surface area (Å²) < 4.78 is 0. The van der Waals surface area contributed by atoms with Gasteiger partial charge in [-0.3, -0.25) is 0 Å².